The second kappa shape index (κ2) is 7.18. The molecule has 3 rings (SSSR count). The molecule has 0 bridgehead atoms. The van der Waals surface area contributed by atoms with Crippen molar-refractivity contribution in [3.05, 3.63) is 64.6 Å². The molecule has 1 aliphatic rings. The fourth-order valence-electron chi connectivity index (χ4n) is 2.97. The van der Waals surface area contributed by atoms with Gasteiger partial charge in [0.25, 0.3) is 5.56 Å². The summed E-state index contributed by atoms with van der Waals surface area (Å²) in [5, 5.41) is 3.26. The molecule has 2 aromatic rings. The van der Waals surface area contributed by atoms with E-state index in [4.69, 9.17) is 0 Å². The smallest absolute Gasteiger partial charge is 0.267 e. The average Bonchev–Trinajstić information content (AvgIpc) is 2.76. The third-order valence-electron chi connectivity index (χ3n) is 4.33. The zero-order chi connectivity index (χ0) is 17.9. The molecule has 8 heteroatoms. The summed E-state index contributed by atoms with van der Waals surface area (Å²) in [6.07, 6.45) is 1.78. The number of sulfone groups is 1. The Morgan fingerprint density at radius 3 is 2.60 bits per heavy atom. The highest BCUT2D eigenvalue weighted by atomic mass is 32.2. The van der Waals surface area contributed by atoms with Crippen LogP contribution in [0.2, 0.25) is 0 Å². The first-order valence-corrected chi connectivity index (χ1v) is 9.75. The van der Waals surface area contributed by atoms with Crippen molar-refractivity contribution in [2.75, 3.05) is 18.8 Å². The molecule has 1 aliphatic heterocycles. The zero-order valence-corrected chi connectivity index (χ0v) is 14.4. The number of hydrogen-bond acceptors (Lipinski definition) is 5. The highest BCUT2D eigenvalue weighted by molar-refractivity contribution is 7.91. The van der Waals surface area contributed by atoms with E-state index in [9.17, 15) is 18.0 Å². The van der Waals surface area contributed by atoms with Crippen LogP contribution in [-0.2, 0) is 21.2 Å². The number of nitrogens with zero attached hydrogens (tertiary/aromatic N) is 3. The largest absolute Gasteiger partial charge is 0.340 e. The van der Waals surface area contributed by atoms with Crippen molar-refractivity contribution in [1.29, 1.82) is 0 Å². The summed E-state index contributed by atoms with van der Waals surface area (Å²) in [5.41, 5.74) is 0.387. The number of carbonyl (C=O) groups excluding carboxylic acids is 1. The standard InChI is InChI=1S/C17H19N3O4S/c21-16-7-4-9-18-20(16)13-17(22)19-10-8-15(25(23,24)12-11-19)14-5-2-1-3-6-14/h1-7,9,15H,8,10-13H2. The summed E-state index contributed by atoms with van der Waals surface area (Å²) in [4.78, 5) is 25.6. The van der Waals surface area contributed by atoms with Gasteiger partial charge in [0.05, 0.1) is 11.0 Å². The SMILES string of the molecule is O=C(Cn1ncccc1=O)N1CCC(c2ccccc2)S(=O)(=O)CC1. The van der Waals surface area contributed by atoms with Crippen molar-refractivity contribution in [3.63, 3.8) is 0 Å². The van der Waals surface area contributed by atoms with Gasteiger partial charge >= 0.3 is 0 Å². The van der Waals surface area contributed by atoms with Crippen molar-refractivity contribution < 1.29 is 13.2 Å². The second-order valence-electron chi connectivity index (χ2n) is 5.96. The predicted molar refractivity (Wildman–Crippen MR) is 92.7 cm³/mol. The van der Waals surface area contributed by atoms with Crippen LogP contribution in [0.3, 0.4) is 0 Å². The fourth-order valence-corrected chi connectivity index (χ4v) is 4.77. The van der Waals surface area contributed by atoms with Crippen LogP contribution in [0.15, 0.2) is 53.5 Å². The molecule has 0 N–H and O–H groups in total. The fraction of sp³-hybridized carbons (Fsp3) is 0.353. The molecule has 132 valence electrons. The first-order valence-electron chi connectivity index (χ1n) is 8.04. The van der Waals surface area contributed by atoms with Crippen LogP contribution in [0.25, 0.3) is 0 Å². The van der Waals surface area contributed by atoms with Gasteiger partial charge in [0.2, 0.25) is 5.91 Å². The van der Waals surface area contributed by atoms with E-state index in [2.05, 4.69) is 5.10 Å². The van der Waals surface area contributed by atoms with Gasteiger partial charge in [-0.15, -0.1) is 0 Å². The Kier molecular flexibility index (Phi) is 4.98. The van der Waals surface area contributed by atoms with Gasteiger partial charge in [0, 0.05) is 25.4 Å². The lowest BCUT2D eigenvalue weighted by atomic mass is 10.1. The van der Waals surface area contributed by atoms with Gasteiger partial charge in [-0.2, -0.15) is 5.10 Å². The predicted octanol–water partition coefficient (Wildman–Crippen LogP) is 0.632. The Morgan fingerprint density at radius 2 is 1.88 bits per heavy atom. The first-order chi connectivity index (χ1) is 12.0. The molecule has 1 aromatic heterocycles. The molecule has 0 spiro atoms. The minimum atomic E-state index is -3.34. The quantitative estimate of drug-likeness (QED) is 0.800. The highest BCUT2D eigenvalue weighted by Gasteiger charge is 2.32. The lowest BCUT2D eigenvalue weighted by molar-refractivity contribution is -0.131. The number of aromatic nitrogens is 2. The number of rotatable bonds is 3. The first kappa shape index (κ1) is 17.3. The highest BCUT2D eigenvalue weighted by Crippen LogP contribution is 2.29. The molecule has 0 aliphatic carbocycles. The van der Waals surface area contributed by atoms with Gasteiger partial charge in [0.15, 0.2) is 9.84 Å². The zero-order valence-electron chi connectivity index (χ0n) is 13.6. The molecule has 1 amide bonds. The van der Waals surface area contributed by atoms with E-state index >= 15 is 0 Å². The third-order valence-corrected chi connectivity index (χ3v) is 6.46. The minimum Gasteiger partial charge on any atom is -0.340 e. The minimum absolute atomic E-state index is 0.0879. The number of carbonyl (C=O) groups is 1. The second-order valence-corrected chi connectivity index (χ2v) is 8.26. The Balaban J connectivity index is 1.75. The van der Waals surface area contributed by atoms with Gasteiger partial charge in [0.1, 0.15) is 6.54 Å². The molecule has 1 unspecified atom stereocenters. The third kappa shape index (κ3) is 3.96. The molecule has 0 radical (unpaired) electrons. The van der Waals surface area contributed by atoms with Crippen molar-refractivity contribution in [3.8, 4) is 0 Å². The molecule has 7 nitrogen and oxygen atoms in total. The van der Waals surface area contributed by atoms with E-state index < -0.39 is 15.1 Å². The number of amides is 1. The van der Waals surface area contributed by atoms with Crippen LogP contribution in [0, 0.1) is 0 Å². The number of hydrogen-bond donors (Lipinski definition) is 0. The Hall–Kier alpha value is -2.48. The Labute approximate surface area is 145 Å². The van der Waals surface area contributed by atoms with Crippen LogP contribution >= 0.6 is 0 Å². The maximum atomic E-state index is 12.6. The van der Waals surface area contributed by atoms with E-state index in [1.807, 2.05) is 18.2 Å². The van der Waals surface area contributed by atoms with Crippen molar-refractivity contribution >= 4 is 15.7 Å². The molecule has 0 saturated carbocycles. The summed E-state index contributed by atoms with van der Waals surface area (Å²) < 4.78 is 26.2. The van der Waals surface area contributed by atoms with Gasteiger partial charge < -0.3 is 4.90 Å². The van der Waals surface area contributed by atoms with Crippen LogP contribution in [-0.4, -0.2) is 47.8 Å². The van der Waals surface area contributed by atoms with Crippen molar-refractivity contribution in [2.24, 2.45) is 0 Å². The maximum Gasteiger partial charge on any atom is 0.267 e. The molecular weight excluding hydrogens is 342 g/mol. The lowest BCUT2D eigenvalue weighted by Crippen LogP contribution is -2.38. The molecule has 1 saturated heterocycles. The normalized spacial score (nSPS) is 20.0. The Bertz CT molecular complexity index is 909. The van der Waals surface area contributed by atoms with Crippen LogP contribution in [0.4, 0.5) is 0 Å². The molecule has 1 fully saturated rings. The summed E-state index contributed by atoms with van der Waals surface area (Å²) in [6.45, 7) is 0.279. The van der Waals surface area contributed by atoms with Crippen LogP contribution in [0.1, 0.15) is 17.2 Å². The van der Waals surface area contributed by atoms with E-state index in [0.29, 0.717) is 13.0 Å². The Morgan fingerprint density at radius 1 is 1.12 bits per heavy atom. The van der Waals surface area contributed by atoms with E-state index in [1.165, 1.54) is 23.2 Å². The molecule has 1 aromatic carbocycles. The van der Waals surface area contributed by atoms with E-state index in [-0.39, 0.29) is 30.3 Å². The molecule has 1 atom stereocenters. The van der Waals surface area contributed by atoms with Gasteiger partial charge in [-0.05, 0) is 18.1 Å². The van der Waals surface area contributed by atoms with Crippen molar-refractivity contribution in [2.45, 2.75) is 18.2 Å². The lowest BCUT2D eigenvalue weighted by Gasteiger charge is -2.20. The summed E-state index contributed by atoms with van der Waals surface area (Å²) >= 11 is 0. The van der Waals surface area contributed by atoms with Crippen molar-refractivity contribution in [1.82, 2.24) is 14.7 Å². The van der Waals surface area contributed by atoms with E-state index in [1.54, 1.807) is 12.1 Å². The van der Waals surface area contributed by atoms with Gasteiger partial charge in [-0.1, -0.05) is 30.3 Å². The van der Waals surface area contributed by atoms with Gasteiger partial charge in [-0.25, -0.2) is 13.1 Å². The summed E-state index contributed by atoms with van der Waals surface area (Å²) in [6, 6.07) is 11.9. The van der Waals surface area contributed by atoms with Gasteiger partial charge in [-0.3, -0.25) is 9.59 Å². The number of benzene rings is 1. The summed E-state index contributed by atoms with van der Waals surface area (Å²) in [5.74, 6) is -0.389. The molecule has 25 heavy (non-hydrogen) atoms. The molecule has 2 heterocycles. The molecular formula is C17H19N3O4S. The monoisotopic (exact) mass is 361 g/mol. The maximum absolute atomic E-state index is 12.6. The van der Waals surface area contributed by atoms with E-state index in [0.717, 1.165) is 10.2 Å². The van der Waals surface area contributed by atoms with Crippen LogP contribution < -0.4 is 5.56 Å². The summed E-state index contributed by atoms with van der Waals surface area (Å²) in [7, 11) is -3.34. The topological polar surface area (TPSA) is 89.3 Å². The average molecular weight is 361 g/mol. The van der Waals surface area contributed by atoms with Crippen LogP contribution in [0.5, 0.6) is 0 Å².